The molecule has 7 heteroatoms. The van der Waals surface area contributed by atoms with Gasteiger partial charge in [0.2, 0.25) is 0 Å². The molecule has 1 aromatic carbocycles. The molecule has 1 heterocycles. The van der Waals surface area contributed by atoms with E-state index in [4.69, 9.17) is 9.47 Å². The van der Waals surface area contributed by atoms with Gasteiger partial charge in [-0.1, -0.05) is 12.1 Å². The van der Waals surface area contributed by atoms with Crippen molar-refractivity contribution >= 4 is 30.5 Å². The van der Waals surface area contributed by atoms with Crippen molar-refractivity contribution < 1.29 is 14.6 Å². The van der Waals surface area contributed by atoms with Crippen LogP contribution in [0, 0.1) is 0 Å². The van der Waals surface area contributed by atoms with Crippen LogP contribution in [0.3, 0.4) is 0 Å². The molecule has 1 N–H and O–H groups in total. The molecule has 25 heavy (non-hydrogen) atoms. The molecule has 1 aliphatic rings. The van der Waals surface area contributed by atoms with Gasteiger partial charge in [0.1, 0.15) is 5.75 Å². The Morgan fingerprint density at radius 1 is 1.08 bits per heavy atom. The maximum Gasteiger partial charge on any atom is 0.142 e. The predicted molar refractivity (Wildman–Crippen MR) is 108 cm³/mol. The van der Waals surface area contributed by atoms with E-state index >= 15 is 0 Å². The van der Waals surface area contributed by atoms with E-state index in [1.165, 1.54) is 0 Å². The Hall–Kier alpha value is -0.720. The second kappa shape index (κ2) is 11.1. The number of hydrogen-bond acceptors (Lipinski definition) is 5. The molecule has 146 valence electrons. The van der Waals surface area contributed by atoms with E-state index in [1.807, 2.05) is 39.0 Å². The number of benzene rings is 1. The SMILES string of the molecule is COc1ccccc1N1CCN(CC(O)COC(C)(C)C)CC1.Cl.Cl. The zero-order valence-corrected chi connectivity index (χ0v) is 17.2. The molecule has 0 spiro atoms. The molecule has 0 radical (unpaired) electrons. The molecule has 1 aromatic rings. The number of nitrogens with zero attached hydrogens (tertiary/aromatic N) is 2. The van der Waals surface area contributed by atoms with Gasteiger partial charge in [-0.25, -0.2) is 0 Å². The van der Waals surface area contributed by atoms with E-state index in [2.05, 4.69) is 15.9 Å². The third kappa shape index (κ3) is 8.01. The number of piperazine rings is 1. The van der Waals surface area contributed by atoms with Crippen LogP contribution in [0.15, 0.2) is 24.3 Å². The van der Waals surface area contributed by atoms with Crippen molar-refractivity contribution in [3.63, 3.8) is 0 Å². The van der Waals surface area contributed by atoms with Crippen LogP contribution in [-0.2, 0) is 4.74 Å². The number of halogens is 2. The lowest BCUT2D eigenvalue weighted by Crippen LogP contribution is -2.49. The lowest BCUT2D eigenvalue weighted by molar-refractivity contribution is -0.0563. The highest BCUT2D eigenvalue weighted by molar-refractivity contribution is 5.85. The number of rotatable bonds is 6. The standard InChI is InChI=1S/C18H30N2O3.2ClH/c1-18(2,3)23-14-15(21)13-19-9-11-20(12-10-19)16-7-5-6-8-17(16)22-4;;/h5-8,15,21H,9-14H2,1-4H3;2*1H. The minimum atomic E-state index is -0.438. The van der Waals surface area contributed by atoms with E-state index in [0.717, 1.165) is 37.6 Å². The van der Waals surface area contributed by atoms with Gasteiger partial charge < -0.3 is 19.5 Å². The fraction of sp³-hybridized carbons (Fsp3) is 0.667. The molecule has 5 nitrogen and oxygen atoms in total. The summed E-state index contributed by atoms with van der Waals surface area (Å²) in [5, 5.41) is 10.1. The van der Waals surface area contributed by atoms with Crippen LogP contribution < -0.4 is 9.64 Å². The molecule has 0 amide bonds. The third-order valence-electron chi connectivity index (χ3n) is 3.98. The summed E-state index contributed by atoms with van der Waals surface area (Å²) in [6.45, 7) is 10.8. The van der Waals surface area contributed by atoms with Gasteiger partial charge in [0.05, 0.1) is 31.1 Å². The van der Waals surface area contributed by atoms with Crippen molar-refractivity contribution in [2.45, 2.75) is 32.5 Å². The van der Waals surface area contributed by atoms with Crippen molar-refractivity contribution in [3.05, 3.63) is 24.3 Å². The fourth-order valence-corrected chi connectivity index (χ4v) is 2.76. The van der Waals surface area contributed by atoms with Gasteiger partial charge in [-0.15, -0.1) is 24.8 Å². The van der Waals surface area contributed by atoms with E-state index in [-0.39, 0.29) is 30.4 Å². The molecule has 1 aliphatic heterocycles. The Bertz CT molecular complexity index is 489. The number of anilines is 1. The van der Waals surface area contributed by atoms with Crippen LogP contribution in [0.4, 0.5) is 5.69 Å². The average Bonchev–Trinajstić information content (AvgIpc) is 2.53. The lowest BCUT2D eigenvalue weighted by atomic mass is 10.2. The van der Waals surface area contributed by atoms with Crippen LogP contribution in [-0.4, -0.2) is 68.2 Å². The molecule has 0 aromatic heterocycles. The number of methoxy groups -OCH3 is 1. The number of aliphatic hydroxyl groups excluding tert-OH is 1. The highest BCUT2D eigenvalue weighted by Gasteiger charge is 2.22. The highest BCUT2D eigenvalue weighted by atomic mass is 35.5. The summed E-state index contributed by atoms with van der Waals surface area (Å²) in [7, 11) is 1.71. The first-order chi connectivity index (χ1) is 10.9. The van der Waals surface area contributed by atoms with Crippen LogP contribution in [0.1, 0.15) is 20.8 Å². The minimum Gasteiger partial charge on any atom is -0.495 e. The summed E-state index contributed by atoms with van der Waals surface area (Å²) in [4.78, 5) is 4.63. The first-order valence-electron chi connectivity index (χ1n) is 8.31. The molecule has 1 saturated heterocycles. The van der Waals surface area contributed by atoms with Gasteiger partial charge in [0, 0.05) is 32.7 Å². The maximum atomic E-state index is 10.1. The van der Waals surface area contributed by atoms with Gasteiger partial charge >= 0.3 is 0 Å². The number of β-amino-alcohol motifs (C(OH)–C–C–N with tert-alkyl or cyclic N) is 1. The van der Waals surface area contributed by atoms with Crippen molar-refractivity contribution in [1.82, 2.24) is 4.90 Å². The van der Waals surface area contributed by atoms with Crippen LogP contribution >= 0.6 is 24.8 Å². The first kappa shape index (κ1) is 24.3. The van der Waals surface area contributed by atoms with E-state index in [0.29, 0.717) is 13.2 Å². The third-order valence-corrected chi connectivity index (χ3v) is 3.98. The summed E-state index contributed by atoms with van der Waals surface area (Å²) in [6, 6.07) is 8.12. The van der Waals surface area contributed by atoms with Crippen molar-refractivity contribution in [2.24, 2.45) is 0 Å². The minimum absolute atomic E-state index is 0. The Balaban J connectivity index is 0.00000288. The summed E-state index contributed by atoms with van der Waals surface area (Å²) < 4.78 is 11.1. The van der Waals surface area contributed by atoms with E-state index in [9.17, 15) is 5.11 Å². The molecule has 0 saturated carbocycles. The second-order valence-electron chi connectivity index (χ2n) is 7.04. The molecule has 0 aliphatic carbocycles. The summed E-state index contributed by atoms with van der Waals surface area (Å²) in [5.74, 6) is 0.916. The highest BCUT2D eigenvalue weighted by Crippen LogP contribution is 2.28. The largest absolute Gasteiger partial charge is 0.495 e. The number of aliphatic hydroxyl groups is 1. The second-order valence-corrected chi connectivity index (χ2v) is 7.04. The number of ether oxygens (including phenoxy) is 2. The molecular formula is C18H32Cl2N2O3. The van der Waals surface area contributed by atoms with Gasteiger partial charge in [-0.3, -0.25) is 4.90 Å². The monoisotopic (exact) mass is 394 g/mol. The molecule has 2 rings (SSSR count). The van der Waals surface area contributed by atoms with Crippen molar-refractivity contribution in [2.75, 3.05) is 51.3 Å². The quantitative estimate of drug-likeness (QED) is 0.803. The predicted octanol–water partition coefficient (Wildman–Crippen LogP) is 2.84. The van der Waals surface area contributed by atoms with Gasteiger partial charge in [-0.05, 0) is 32.9 Å². The van der Waals surface area contributed by atoms with E-state index < -0.39 is 6.10 Å². The molecular weight excluding hydrogens is 363 g/mol. The molecule has 0 bridgehead atoms. The lowest BCUT2D eigenvalue weighted by Gasteiger charge is -2.37. The summed E-state index contributed by atoms with van der Waals surface area (Å²) in [5.41, 5.74) is 0.940. The average molecular weight is 395 g/mol. The number of para-hydroxylation sites is 2. The normalized spacial score (nSPS) is 16.6. The van der Waals surface area contributed by atoms with Crippen molar-refractivity contribution in [3.8, 4) is 5.75 Å². The Morgan fingerprint density at radius 3 is 2.24 bits per heavy atom. The fourth-order valence-electron chi connectivity index (χ4n) is 2.76. The smallest absolute Gasteiger partial charge is 0.142 e. The van der Waals surface area contributed by atoms with Crippen LogP contribution in [0.5, 0.6) is 5.75 Å². The zero-order valence-electron chi connectivity index (χ0n) is 15.6. The topological polar surface area (TPSA) is 45.2 Å². The Labute approximate surface area is 164 Å². The van der Waals surface area contributed by atoms with Crippen LogP contribution in [0.2, 0.25) is 0 Å². The Kier molecular flexibility index (Phi) is 10.8. The summed E-state index contributed by atoms with van der Waals surface area (Å²) >= 11 is 0. The Morgan fingerprint density at radius 2 is 1.68 bits per heavy atom. The first-order valence-corrected chi connectivity index (χ1v) is 8.31. The van der Waals surface area contributed by atoms with Gasteiger partial charge in [0.15, 0.2) is 0 Å². The van der Waals surface area contributed by atoms with Crippen LogP contribution in [0.25, 0.3) is 0 Å². The molecule has 1 fully saturated rings. The van der Waals surface area contributed by atoms with E-state index in [1.54, 1.807) is 7.11 Å². The molecule has 1 unspecified atom stereocenters. The summed E-state index contributed by atoms with van der Waals surface area (Å²) in [6.07, 6.45) is -0.438. The van der Waals surface area contributed by atoms with Gasteiger partial charge in [-0.2, -0.15) is 0 Å². The zero-order chi connectivity index (χ0) is 16.9. The van der Waals surface area contributed by atoms with Crippen molar-refractivity contribution in [1.29, 1.82) is 0 Å². The number of hydrogen-bond donors (Lipinski definition) is 1. The molecule has 1 atom stereocenters. The van der Waals surface area contributed by atoms with Gasteiger partial charge in [0.25, 0.3) is 0 Å². The maximum absolute atomic E-state index is 10.1.